The summed E-state index contributed by atoms with van der Waals surface area (Å²) in [5, 5.41) is 3.52. The lowest BCUT2D eigenvalue weighted by atomic mass is 10.1. The Labute approximate surface area is 196 Å². The Bertz CT molecular complexity index is 1260. The fourth-order valence-corrected chi connectivity index (χ4v) is 6.46. The van der Waals surface area contributed by atoms with E-state index in [0.29, 0.717) is 16.0 Å². The van der Waals surface area contributed by atoms with Crippen molar-refractivity contribution in [2.45, 2.75) is 23.5 Å². The van der Waals surface area contributed by atoms with Crippen LogP contribution in [0.5, 0.6) is 0 Å². The minimum atomic E-state index is -3.74. The molecular formula is C24H22N2O5S2. The van der Waals surface area contributed by atoms with Gasteiger partial charge in [0.25, 0.3) is 11.8 Å². The molecule has 3 amide bonds. The van der Waals surface area contributed by atoms with Crippen molar-refractivity contribution >= 4 is 38.9 Å². The summed E-state index contributed by atoms with van der Waals surface area (Å²) in [6.07, 6.45) is -0.118. The molecule has 1 aliphatic rings. The van der Waals surface area contributed by atoms with Crippen LogP contribution >= 0.6 is 11.3 Å². The SMILES string of the molecule is Cc1ccc(S(=O)(=O)C(CNC(=O)CCN2C(=O)c3ccccc3C2=O)c2cccs2)cc1. The summed E-state index contributed by atoms with van der Waals surface area (Å²) in [7, 11) is -3.74. The van der Waals surface area contributed by atoms with Crippen molar-refractivity contribution in [2.75, 3.05) is 13.1 Å². The van der Waals surface area contributed by atoms with Gasteiger partial charge in [0.1, 0.15) is 5.25 Å². The number of aryl methyl sites for hydroxylation is 1. The molecule has 3 aromatic rings. The third-order valence-corrected chi connectivity index (χ3v) is 8.74. The molecule has 0 spiro atoms. The summed E-state index contributed by atoms with van der Waals surface area (Å²) >= 11 is 1.31. The van der Waals surface area contributed by atoms with Crippen LogP contribution in [0.15, 0.2) is 70.9 Å². The third-order valence-electron chi connectivity index (χ3n) is 5.51. The number of nitrogens with zero attached hydrogens (tertiary/aromatic N) is 1. The molecule has 0 radical (unpaired) electrons. The summed E-state index contributed by atoms with van der Waals surface area (Å²) < 4.78 is 26.6. The lowest BCUT2D eigenvalue weighted by Gasteiger charge is -2.18. The van der Waals surface area contributed by atoms with Gasteiger partial charge in [-0.15, -0.1) is 11.3 Å². The van der Waals surface area contributed by atoms with Crippen molar-refractivity contribution in [3.63, 3.8) is 0 Å². The van der Waals surface area contributed by atoms with E-state index in [1.54, 1.807) is 66.0 Å². The molecule has 1 aromatic heterocycles. The number of rotatable bonds is 8. The molecule has 1 N–H and O–H groups in total. The Balaban J connectivity index is 1.43. The van der Waals surface area contributed by atoms with E-state index in [2.05, 4.69) is 5.32 Å². The molecule has 0 saturated carbocycles. The first-order chi connectivity index (χ1) is 15.8. The number of fused-ring (bicyclic) bond motifs is 1. The van der Waals surface area contributed by atoms with E-state index in [0.717, 1.165) is 10.5 Å². The lowest BCUT2D eigenvalue weighted by Crippen LogP contribution is -2.36. The maximum atomic E-state index is 13.3. The van der Waals surface area contributed by atoms with Crippen LogP contribution in [0.2, 0.25) is 0 Å². The van der Waals surface area contributed by atoms with Crippen LogP contribution in [0.1, 0.15) is 42.8 Å². The number of sulfone groups is 1. The van der Waals surface area contributed by atoms with Gasteiger partial charge in [0, 0.05) is 24.4 Å². The maximum Gasteiger partial charge on any atom is 0.261 e. The van der Waals surface area contributed by atoms with Crippen molar-refractivity contribution in [2.24, 2.45) is 0 Å². The van der Waals surface area contributed by atoms with Crippen molar-refractivity contribution in [3.05, 3.63) is 87.6 Å². The van der Waals surface area contributed by atoms with Crippen molar-refractivity contribution in [1.82, 2.24) is 10.2 Å². The first-order valence-electron chi connectivity index (χ1n) is 10.3. The summed E-state index contributed by atoms with van der Waals surface area (Å²) in [5.41, 5.74) is 1.60. The summed E-state index contributed by atoms with van der Waals surface area (Å²) in [6.45, 7) is 1.69. The summed E-state index contributed by atoms with van der Waals surface area (Å²) in [6, 6.07) is 16.6. The lowest BCUT2D eigenvalue weighted by molar-refractivity contribution is -0.121. The molecule has 4 rings (SSSR count). The van der Waals surface area contributed by atoms with Crippen molar-refractivity contribution < 1.29 is 22.8 Å². The molecule has 2 aromatic carbocycles. The number of imide groups is 1. The third kappa shape index (κ3) is 4.60. The smallest absolute Gasteiger partial charge is 0.261 e. The molecule has 2 heterocycles. The molecular weight excluding hydrogens is 460 g/mol. The predicted octanol–water partition coefficient (Wildman–Crippen LogP) is 3.37. The minimum Gasteiger partial charge on any atom is -0.354 e. The fraction of sp³-hybridized carbons (Fsp3) is 0.208. The Kier molecular flexibility index (Phi) is 6.44. The van der Waals surface area contributed by atoms with Gasteiger partial charge in [-0.05, 0) is 42.6 Å². The van der Waals surface area contributed by atoms with Gasteiger partial charge < -0.3 is 5.32 Å². The summed E-state index contributed by atoms with van der Waals surface area (Å²) in [4.78, 5) is 39.3. The van der Waals surface area contributed by atoms with Crippen molar-refractivity contribution in [1.29, 1.82) is 0 Å². The van der Waals surface area contributed by atoms with E-state index in [1.807, 2.05) is 6.92 Å². The van der Waals surface area contributed by atoms with E-state index in [1.165, 1.54) is 11.3 Å². The van der Waals surface area contributed by atoms with Gasteiger partial charge in [-0.1, -0.05) is 35.9 Å². The second kappa shape index (κ2) is 9.29. The zero-order valence-corrected chi connectivity index (χ0v) is 19.5. The molecule has 0 fully saturated rings. The number of hydrogen-bond donors (Lipinski definition) is 1. The maximum absolute atomic E-state index is 13.3. The highest BCUT2D eigenvalue weighted by molar-refractivity contribution is 7.91. The molecule has 0 aliphatic carbocycles. The van der Waals surface area contributed by atoms with Gasteiger partial charge in [0.2, 0.25) is 5.91 Å². The Hall–Kier alpha value is -3.30. The Morgan fingerprint density at radius 1 is 0.970 bits per heavy atom. The minimum absolute atomic E-state index is 0.0768. The second-order valence-corrected chi connectivity index (χ2v) is 10.8. The van der Waals surface area contributed by atoms with Crippen LogP contribution in [0.4, 0.5) is 0 Å². The number of carbonyl (C=O) groups is 3. The quantitative estimate of drug-likeness (QED) is 0.496. The zero-order chi connectivity index (χ0) is 23.6. The molecule has 0 saturated heterocycles. The van der Waals surface area contributed by atoms with Crippen LogP contribution < -0.4 is 5.32 Å². The van der Waals surface area contributed by atoms with E-state index in [-0.39, 0.29) is 24.4 Å². The molecule has 1 unspecified atom stereocenters. The van der Waals surface area contributed by atoms with Crippen LogP contribution in [0.3, 0.4) is 0 Å². The largest absolute Gasteiger partial charge is 0.354 e. The average molecular weight is 483 g/mol. The first-order valence-corrected chi connectivity index (χ1v) is 12.8. The van der Waals surface area contributed by atoms with Gasteiger partial charge in [-0.2, -0.15) is 0 Å². The van der Waals surface area contributed by atoms with Crippen LogP contribution in [0, 0.1) is 6.92 Å². The van der Waals surface area contributed by atoms with Crippen LogP contribution in [-0.2, 0) is 14.6 Å². The monoisotopic (exact) mass is 482 g/mol. The molecule has 7 nitrogen and oxygen atoms in total. The molecule has 33 heavy (non-hydrogen) atoms. The number of amides is 3. The molecule has 9 heteroatoms. The van der Waals surface area contributed by atoms with Gasteiger partial charge in [-0.25, -0.2) is 8.42 Å². The van der Waals surface area contributed by atoms with Gasteiger partial charge >= 0.3 is 0 Å². The predicted molar refractivity (Wildman–Crippen MR) is 125 cm³/mol. The highest BCUT2D eigenvalue weighted by Gasteiger charge is 2.35. The first kappa shape index (κ1) is 22.9. The van der Waals surface area contributed by atoms with E-state index >= 15 is 0 Å². The van der Waals surface area contributed by atoms with E-state index < -0.39 is 32.8 Å². The molecule has 1 atom stereocenters. The number of carbonyl (C=O) groups excluding carboxylic acids is 3. The highest BCUT2D eigenvalue weighted by Crippen LogP contribution is 2.31. The molecule has 0 bridgehead atoms. The number of benzene rings is 2. The zero-order valence-electron chi connectivity index (χ0n) is 17.9. The number of hydrogen-bond acceptors (Lipinski definition) is 6. The highest BCUT2D eigenvalue weighted by atomic mass is 32.2. The Morgan fingerprint density at radius 2 is 1.61 bits per heavy atom. The standard InChI is InChI=1S/C24H22N2O5S2/c1-16-8-10-17(11-9-16)33(30,31)21(20-7-4-14-32-20)15-25-22(27)12-13-26-23(28)18-5-2-3-6-19(18)24(26)29/h2-11,14,21H,12-13,15H2,1H3,(H,25,27). The Morgan fingerprint density at radius 3 is 2.18 bits per heavy atom. The topological polar surface area (TPSA) is 101 Å². The number of thiophene rings is 1. The average Bonchev–Trinajstić information content (AvgIpc) is 3.41. The van der Waals surface area contributed by atoms with Crippen molar-refractivity contribution in [3.8, 4) is 0 Å². The van der Waals surface area contributed by atoms with E-state index in [4.69, 9.17) is 0 Å². The van der Waals surface area contributed by atoms with Gasteiger partial charge in [0.15, 0.2) is 9.84 Å². The second-order valence-electron chi connectivity index (χ2n) is 7.72. The van der Waals surface area contributed by atoms with Gasteiger partial charge in [-0.3, -0.25) is 19.3 Å². The van der Waals surface area contributed by atoms with Crippen LogP contribution in [-0.4, -0.2) is 44.1 Å². The van der Waals surface area contributed by atoms with E-state index in [9.17, 15) is 22.8 Å². The molecule has 1 aliphatic heterocycles. The molecule has 170 valence electrons. The summed E-state index contributed by atoms with van der Waals surface area (Å²) in [5.74, 6) is -1.30. The normalized spacial score (nSPS) is 14.3. The number of nitrogens with one attached hydrogen (secondary N) is 1. The van der Waals surface area contributed by atoms with Crippen LogP contribution in [0.25, 0.3) is 0 Å². The van der Waals surface area contributed by atoms with Gasteiger partial charge in [0.05, 0.1) is 16.0 Å². The fourth-order valence-electron chi connectivity index (χ4n) is 3.68.